The number of hydrogen-bond acceptors (Lipinski definition) is 3. The van der Waals surface area contributed by atoms with Crippen LogP contribution in [0.2, 0.25) is 0 Å². The van der Waals surface area contributed by atoms with E-state index in [1.165, 1.54) is 12.0 Å². The molecule has 0 radical (unpaired) electrons. The van der Waals surface area contributed by atoms with Crippen molar-refractivity contribution in [3.05, 3.63) is 22.4 Å². The molecule has 1 saturated carbocycles. The molecule has 1 aromatic rings. The summed E-state index contributed by atoms with van der Waals surface area (Å²) in [6.07, 6.45) is 4.81. The predicted molar refractivity (Wildman–Crippen MR) is 89.0 cm³/mol. The first-order chi connectivity index (χ1) is 10.6. The van der Waals surface area contributed by atoms with Gasteiger partial charge in [0.2, 0.25) is 5.91 Å². The van der Waals surface area contributed by atoms with Gasteiger partial charge in [-0.15, -0.1) is 0 Å². The molecule has 5 nitrogen and oxygen atoms in total. The van der Waals surface area contributed by atoms with E-state index in [0.717, 1.165) is 25.7 Å². The number of nitrogens with one attached hydrogen (secondary N) is 3. The van der Waals surface area contributed by atoms with Crippen LogP contribution in [0.4, 0.5) is 4.79 Å². The number of thiophene rings is 1. The number of amides is 3. The van der Waals surface area contributed by atoms with Gasteiger partial charge >= 0.3 is 6.03 Å². The zero-order valence-corrected chi connectivity index (χ0v) is 13.9. The summed E-state index contributed by atoms with van der Waals surface area (Å²) in [6, 6.07) is 2.03. The highest BCUT2D eigenvalue weighted by atomic mass is 32.1. The van der Waals surface area contributed by atoms with Gasteiger partial charge in [0.15, 0.2) is 0 Å². The molecule has 3 amide bonds. The van der Waals surface area contributed by atoms with Crippen LogP contribution in [0, 0.1) is 5.92 Å². The van der Waals surface area contributed by atoms with Crippen molar-refractivity contribution in [3.63, 3.8) is 0 Å². The van der Waals surface area contributed by atoms with E-state index in [0.29, 0.717) is 13.1 Å². The minimum Gasteiger partial charge on any atom is -0.356 e. The molecule has 0 bridgehead atoms. The van der Waals surface area contributed by atoms with E-state index in [2.05, 4.69) is 27.4 Å². The molecule has 0 spiro atoms. The van der Waals surface area contributed by atoms with E-state index in [4.69, 9.17) is 0 Å². The molecule has 0 aromatic carbocycles. The Balaban J connectivity index is 1.49. The lowest BCUT2D eigenvalue weighted by molar-refractivity contribution is -0.127. The lowest BCUT2D eigenvalue weighted by atomic mass is 9.85. The summed E-state index contributed by atoms with van der Waals surface area (Å²) in [7, 11) is 0. The van der Waals surface area contributed by atoms with E-state index in [-0.39, 0.29) is 23.9 Å². The highest BCUT2D eigenvalue weighted by Crippen LogP contribution is 2.25. The molecule has 6 heteroatoms. The average molecular weight is 323 g/mol. The van der Waals surface area contributed by atoms with E-state index in [9.17, 15) is 9.59 Å². The van der Waals surface area contributed by atoms with E-state index in [1.54, 1.807) is 11.3 Å². The van der Waals surface area contributed by atoms with Crippen molar-refractivity contribution in [2.75, 3.05) is 13.1 Å². The molecule has 1 fully saturated rings. The summed E-state index contributed by atoms with van der Waals surface area (Å²) >= 11 is 1.67. The summed E-state index contributed by atoms with van der Waals surface area (Å²) in [5.74, 6) is 0.397. The van der Waals surface area contributed by atoms with Crippen LogP contribution in [0.15, 0.2) is 16.8 Å². The number of carbonyl (C=O) groups excluding carboxylic acids is 2. The monoisotopic (exact) mass is 323 g/mol. The molecular formula is C16H25N3O2S. The minimum absolute atomic E-state index is 0.105. The van der Waals surface area contributed by atoms with Crippen molar-refractivity contribution in [2.45, 2.75) is 45.1 Å². The van der Waals surface area contributed by atoms with Gasteiger partial charge in [-0.1, -0.05) is 6.42 Å². The van der Waals surface area contributed by atoms with E-state index in [1.807, 2.05) is 12.3 Å². The van der Waals surface area contributed by atoms with Crippen LogP contribution in [-0.4, -0.2) is 31.1 Å². The quantitative estimate of drug-likeness (QED) is 0.642. The number of carbonyl (C=O) groups is 2. The molecule has 1 aromatic heterocycles. The normalized spacial score (nSPS) is 15.7. The second-order valence-corrected chi connectivity index (χ2v) is 6.69. The first-order valence-corrected chi connectivity index (χ1v) is 8.92. The smallest absolute Gasteiger partial charge is 0.315 e. The lowest BCUT2D eigenvalue weighted by Gasteiger charge is -2.24. The maximum Gasteiger partial charge on any atom is 0.315 e. The van der Waals surface area contributed by atoms with Gasteiger partial charge in [0, 0.05) is 25.0 Å². The topological polar surface area (TPSA) is 70.2 Å². The molecule has 1 atom stereocenters. The first kappa shape index (κ1) is 16.8. The van der Waals surface area contributed by atoms with Gasteiger partial charge < -0.3 is 16.0 Å². The molecule has 0 saturated heterocycles. The second kappa shape index (κ2) is 8.78. The Labute approximate surface area is 135 Å². The summed E-state index contributed by atoms with van der Waals surface area (Å²) in [5.41, 5.74) is 1.25. The van der Waals surface area contributed by atoms with E-state index >= 15 is 0 Å². The first-order valence-electron chi connectivity index (χ1n) is 7.98. The highest BCUT2D eigenvalue weighted by molar-refractivity contribution is 7.07. The molecule has 1 aliphatic rings. The van der Waals surface area contributed by atoms with Gasteiger partial charge in [0.25, 0.3) is 0 Å². The third kappa shape index (κ3) is 5.67. The second-order valence-electron chi connectivity index (χ2n) is 5.91. The molecular weight excluding hydrogens is 298 g/mol. The third-order valence-corrected chi connectivity index (χ3v) is 4.65. The summed E-state index contributed by atoms with van der Waals surface area (Å²) in [4.78, 5) is 23.3. The molecule has 0 unspecified atom stereocenters. The van der Waals surface area contributed by atoms with Crippen LogP contribution in [-0.2, 0) is 11.2 Å². The molecule has 22 heavy (non-hydrogen) atoms. The lowest BCUT2D eigenvalue weighted by Crippen LogP contribution is -2.42. The summed E-state index contributed by atoms with van der Waals surface area (Å²) in [6.45, 7) is 3.19. The van der Waals surface area contributed by atoms with Crippen LogP contribution >= 0.6 is 11.3 Å². The standard InChI is InChI=1S/C16H25N3O2S/c1-12(10-13-6-9-22-11-13)19-16(21)18-8-3-7-17-15(20)14-4-2-5-14/h6,9,11-12,14H,2-5,7-8,10H2,1H3,(H,17,20)(H2,18,19,21)/t12-/m1/s1. The van der Waals surface area contributed by atoms with Gasteiger partial charge in [0.05, 0.1) is 0 Å². The zero-order chi connectivity index (χ0) is 15.8. The molecule has 122 valence electrons. The van der Waals surface area contributed by atoms with Crippen molar-refractivity contribution >= 4 is 23.3 Å². The Morgan fingerprint density at radius 2 is 2.09 bits per heavy atom. The molecule has 2 rings (SSSR count). The van der Waals surface area contributed by atoms with Crippen LogP contribution in [0.3, 0.4) is 0 Å². The number of rotatable bonds is 8. The Morgan fingerprint density at radius 1 is 1.32 bits per heavy atom. The van der Waals surface area contributed by atoms with Crippen molar-refractivity contribution in [3.8, 4) is 0 Å². The fourth-order valence-electron chi connectivity index (χ4n) is 2.40. The van der Waals surface area contributed by atoms with E-state index < -0.39 is 0 Å². The summed E-state index contributed by atoms with van der Waals surface area (Å²) in [5, 5.41) is 12.8. The Morgan fingerprint density at radius 3 is 2.73 bits per heavy atom. The van der Waals surface area contributed by atoms with Crippen LogP contribution in [0.5, 0.6) is 0 Å². The largest absolute Gasteiger partial charge is 0.356 e. The fourth-order valence-corrected chi connectivity index (χ4v) is 3.09. The molecule has 3 N–H and O–H groups in total. The third-order valence-electron chi connectivity index (χ3n) is 3.91. The maximum absolute atomic E-state index is 11.7. The highest BCUT2D eigenvalue weighted by Gasteiger charge is 2.24. The average Bonchev–Trinajstić information content (AvgIpc) is 2.88. The summed E-state index contributed by atoms with van der Waals surface area (Å²) < 4.78 is 0. The van der Waals surface area contributed by atoms with Crippen LogP contribution in [0.25, 0.3) is 0 Å². The van der Waals surface area contributed by atoms with Gasteiger partial charge in [-0.25, -0.2) is 4.79 Å². The van der Waals surface area contributed by atoms with Crippen LogP contribution in [0.1, 0.15) is 38.2 Å². The van der Waals surface area contributed by atoms with Gasteiger partial charge in [-0.05, 0) is 55.0 Å². The van der Waals surface area contributed by atoms with Crippen molar-refractivity contribution < 1.29 is 9.59 Å². The number of urea groups is 1. The number of hydrogen-bond donors (Lipinski definition) is 3. The van der Waals surface area contributed by atoms with Gasteiger partial charge in [0.1, 0.15) is 0 Å². The van der Waals surface area contributed by atoms with Crippen molar-refractivity contribution in [1.82, 2.24) is 16.0 Å². The molecule has 0 aliphatic heterocycles. The maximum atomic E-state index is 11.7. The molecule has 1 aliphatic carbocycles. The zero-order valence-electron chi connectivity index (χ0n) is 13.1. The minimum atomic E-state index is -0.145. The Hall–Kier alpha value is -1.56. The van der Waals surface area contributed by atoms with Crippen molar-refractivity contribution in [2.24, 2.45) is 5.92 Å². The SMILES string of the molecule is C[C@H](Cc1ccsc1)NC(=O)NCCCNC(=O)C1CCC1. The van der Waals surface area contributed by atoms with Gasteiger partial charge in [-0.2, -0.15) is 11.3 Å². The Kier molecular flexibility index (Phi) is 6.71. The fraction of sp³-hybridized carbons (Fsp3) is 0.625. The predicted octanol–water partition coefficient (Wildman–Crippen LogP) is 2.28. The van der Waals surface area contributed by atoms with Crippen molar-refractivity contribution in [1.29, 1.82) is 0 Å². The Bertz CT molecular complexity index is 472. The van der Waals surface area contributed by atoms with Gasteiger partial charge in [-0.3, -0.25) is 4.79 Å². The van der Waals surface area contributed by atoms with Crippen LogP contribution < -0.4 is 16.0 Å². The molecule has 1 heterocycles.